The van der Waals surface area contributed by atoms with Gasteiger partial charge >= 0.3 is 0 Å². The van der Waals surface area contributed by atoms with E-state index >= 15 is 0 Å². The van der Waals surface area contributed by atoms with Crippen molar-refractivity contribution in [3.63, 3.8) is 0 Å². The van der Waals surface area contributed by atoms with Gasteiger partial charge in [-0.25, -0.2) is 4.39 Å². The fraction of sp³-hybridized carbons (Fsp3) is 0.519. The van der Waals surface area contributed by atoms with Crippen molar-refractivity contribution in [1.82, 2.24) is 9.88 Å². The molecule has 0 spiro atoms. The molecule has 3 fully saturated rings. The second-order valence-electron chi connectivity index (χ2n) is 9.63. The zero-order valence-electron chi connectivity index (χ0n) is 17.8. The smallest absolute Gasteiger partial charge is 0.123 e. The van der Waals surface area contributed by atoms with Crippen molar-refractivity contribution < 1.29 is 4.39 Å². The van der Waals surface area contributed by atoms with Crippen molar-refractivity contribution in [2.45, 2.75) is 44.9 Å². The Labute approximate surface area is 180 Å². The summed E-state index contributed by atoms with van der Waals surface area (Å²) in [5.41, 5.74) is 2.85. The summed E-state index contributed by atoms with van der Waals surface area (Å²) in [6.45, 7) is 3.88. The van der Waals surface area contributed by atoms with E-state index in [9.17, 15) is 4.39 Å². The average molecular weight is 405 g/mol. The maximum absolute atomic E-state index is 13.5. The molecule has 2 aliphatic carbocycles. The van der Waals surface area contributed by atoms with E-state index in [0.717, 1.165) is 34.6 Å². The molecule has 0 radical (unpaired) electrons. The topological polar surface area (TPSA) is 16.1 Å². The number of nitrogens with zero attached hydrogens (tertiary/aromatic N) is 2. The van der Waals surface area contributed by atoms with Crippen molar-refractivity contribution in [2.75, 3.05) is 19.6 Å². The van der Waals surface area contributed by atoms with E-state index in [1.54, 1.807) is 12.1 Å². The highest BCUT2D eigenvalue weighted by Crippen LogP contribution is 2.50. The summed E-state index contributed by atoms with van der Waals surface area (Å²) < 4.78 is 13.5. The molecule has 1 aromatic carbocycles. The molecule has 3 aliphatic rings. The number of aromatic nitrogens is 1. The van der Waals surface area contributed by atoms with Gasteiger partial charge in [-0.3, -0.25) is 4.98 Å². The lowest BCUT2D eigenvalue weighted by molar-refractivity contribution is 0.229. The molecule has 0 N–H and O–H groups in total. The molecule has 2 nitrogen and oxygen atoms in total. The molecule has 30 heavy (non-hydrogen) atoms. The largest absolute Gasteiger partial charge is 0.303 e. The minimum absolute atomic E-state index is 0.205. The zero-order valence-corrected chi connectivity index (χ0v) is 17.8. The summed E-state index contributed by atoms with van der Waals surface area (Å²) in [6.07, 6.45) is 16.4. The zero-order chi connectivity index (χ0) is 20.3. The van der Waals surface area contributed by atoms with Gasteiger partial charge in [0.05, 0.1) is 5.69 Å². The molecule has 1 aliphatic heterocycles. The van der Waals surface area contributed by atoms with Gasteiger partial charge in [0.15, 0.2) is 0 Å². The van der Waals surface area contributed by atoms with Crippen LogP contribution < -0.4 is 0 Å². The quantitative estimate of drug-likeness (QED) is 0.570. The molecule has 2 heterocycles. The third-order valence-electron chi connectivity index (χ3n) is 7.74. The van der Waals surface area contributed by atoms with Crippen molar-refractivity contribution in [1.29, 1.82) is 0 Å². The summed E-state index contributed by atoms with van der Waals surface area (Å²) >= 11 is 0. The first-order valence-corrected chi connectivity index (χ1v) is 11.9. The Morgan fingerprint density at radius 2 is 1.87 bits per heavy atom. The van der Waals surface area contributed by atoms with Gasteiger partial charge in [-0.15, -0.1) is 0 Å². The maximum Gasteiger partial charge on any atom is 0.123 e. The highest BCUT2D eigenvalue weighted by Gasteiger charge is 2.43. The number of hydrogen-bond donors (Lipinski definition) is 0. The van der Waals surface area contributed by atoms with E-state index in [0.29, 0.717) is 5.92 Å². The summed E-state index contributed by atoms with van der Waals surface area (Å²) in [5.74, 6) is 3.10. The normalized spacial score (nSPS) is 29.5. The van der Waals surface area contributed by atoms with Crippen LogP contribution in [0.4, 0.5) is 4.39 Å². The molecular weight excluding hydrogens is 371 g/mol. The molecule has 1 saturated heterocycles. The first-order valence-electron chi connectivity index (χ1n) is 11.9. The van der Waals surface area contributed by atoms with Crippen LogP contribution >= 0.6 is 0 Å². The minimum Gasteiger partial charge on any atom is -0.303 e. The number of fused-ring (bicyclic) bond motifs is 1. The highest BCUT2D eigenvalue weighted by atomic mass is 19.1. The van der Waals surface area contributed by atoms with Crippen LogP contribution in [0.1, 0.15) is 50.6 Å². The van der Waals surface area contributed by atoms with E-state index in [-0.39, 0.29) is 5.82 Å². The number of halogens is 1. The van der Waals surface area contributed by atoms with E-state index < -0.39 is 0 Å². The molecule has 0 bridgehead atoms. The molecule has 1 aromatic heterocycles. The number of rotatable bonds is 5. The van der Waals surface area contributed by atoms with E-state index in [1.807, 2.05) is 12.3 Å². The van der Waals surface area contributed by atoms with Crippen molar-refractivity contribution in [3.8, 4) is 11.1 Å². The van der Waals surface area contributed by atoms with E-state index in [1.165, 1.54) is 70.6 Å². The van der Waals surface area contributed by atoms with Crippen LogP contribution in [0, 0.1) is 29.5 Å². The third kappa shape index (κ3) is 4.37. The Balaban J connectivity index is 1.31. The lowest BCUT2D eigenvalue weighted by atomic mass is 9.77. The second kappa shape index (κ2) is 9.01. The van der Waals surface area contributed by atoms with Gasteiger partial charge in [0, 0.05) is 18.3 Å². The molecule has 158 valence electrons. The molecular formula is C27H33FN2. The standard InChI is InChI=1S/C27H33FN2/c28-24-8-5-7-20(17-24)22-10-11-25(29-18-22)12-13-27-23(19-30-14-3-4-15-30)16-21-6-1-2-9-26(21)27/h5,7-8,10-13,17-18,21,23,26-27H,1-4,6,9,14-16,19H2/b13-12+/t21-,23-,26-,27-/m1/s1. The van der Waals surface area contributed by atoms with Gasteiger partial charge in [0.25, 0.3) is 0 Å². The van der Waals surface area contributed by atoms with Gasteiger partial charge in [-0.2, -0.15) is 0 Å². The lowest BCUT2D eigenvalue weighted by Crippen LogP contribution is -2.29. The summed E-state index contributed by atoms with van der Waals surface area (Å²) in [5, 5.41) is 0. The number of likely N-dealkylation sites (tertiary alicyclic amines) is 1. The van der Waals surface area contributed by atoms with Gasteiger partial charge in [0.2, 0.25) is 0 Å². The first kappa shape index (κ1) is 19.9. The number of allylic oxidation sites excluding steroid dienone is 1. The number of benzene rings is 1. The monoisotopic (exact) mass is 404 g/mol. The molecule has 0 unspecified atom stereocenters. The predicted octanol–water partition coefficient (Wildman–Crippen LogP) is 6.44. The Morgan fingerprint density at radius 1 is 1.00 bits per heavy atom. The van der Waals surface area contributed by atoms with Crippen LogP contribution in [0.25, 0.3) is 17.2 Å². The van der Waals surface area contributed by atoms with Crippen molar-refractivity contribution in [3.05, 3.63) is 60.2 Å². The summed E-state index contributed by atoms with van der Waals surface area (Å²) in [4.78, 5) is 7.36. The Bertz CT molecular complexity index is 869. The highest BCUT2D eigenvalue weighted by molar-refractivity contribution is 5.63. The molecule has 0 amide bonds. The van der Waals surface area contributed by atoms with E-state index in [2.05, 4.69) is 34.2 Å². The van der Waals surface area contributed by atoms with Gasteiger partial charge in [-0.05, 0) is 92.3 Å². The van der Waals surface area contributed by atoms with Crippen LogP contribution in [0.3, 0.4) is 0 Å². The van der Waals surface area contributed by atoms with Crippen LogP contribution in [-0.4, -0.2) is 29.5 Å². The molecule has 5 rings (SSSR count). The van der Waals surface area contributed by atoms with Crippen LogP contribution in [0.5, 0.6) is 0 Å². The van der Waals surface area contributed by atoms with Gasteiger partial charge in [0.1, 0.15) is 5.82 Å². The van der Waals surface area contributed by atoms with Gasteiger partial charge < -0.3 is 4.90 Å². The van der Waals surface area contributed by atoms with Crippen LogP contribution in [0.15, 0.2) is 48.7 Å². The summed E-state index contributed by atoms with van der Waals surface area (Å²) in [7, 11) is 0. The number of hydrogen-bond acceptors (Lipinski definition) is 2. The molecule has 3 heteroatoms. The number of pyridine rings is 1. The molecule has 2 saturated carbocycles. The fourth-order valence-corrected chi connectivity index (χ4v) is 6.28. The average Bonchev–Trinajstić information content (AvgIpc) is 3.40. The van der Waals surface area contributed by atoms with Crippen LogP contribution in [-0.2, 0) is 0 Å². The SMILES string of the molecule is Fc1cccc(-c2ccc(/C=C/[C@@H]3[C@@H](CN4CCCC4)C[C@H]4CCCC[C@H]43)nc2)c1. The third-order valence-corrected chi connectivity index (χ3v) is 7.74. The van der Waals surface area contributed by atoms with Crippen LogP contribution in [0.2, 0.25) is 0 Å². The van der Waals surface area contributed by atoms with Crippen molar-refractivity contribution >= 4 is 6.08 Å². The van der Waals surface area contributed by atoms with Gasteiger partial charge in [-0.1, -0.05) is 43.5 Å². The van der Waals surface area contributed by atoms with E-state index in [4.69, 9.17) is 0 Å². The molecule has 4 atom stereocenters. The lowest BCUT2D eigenvalue weighted by Gasteiger charge is -2.29. The Morgan fingerprint density at radius 3 is 2.67 bits per heavy atom. The molecule has 2 aromatic rings. The minimum atomic E-state index is -0.205. The first-order chi connectivity index (χ1) is 14.8. The van der Waals surface area contributed by atoms with Crippen molar-refractivity contribution in [2.24, 2.45) is 23.7 Å². The maximum atomic E-state index is 13.5. The Kier molecular flexibility index (Phi) is 5.99. The Hall–Kier alpha value is -2.00. The predicted molar refractivity (Wildman–Crippen MR) is 121 cm³/mol. The fourth-order valence-electron chi connectivity index (χ4n) is 6.28. The summed E-state index contributed by atoms with van der Waals surface area (Å²) in [6, 6.07) is 10.9. The second-order valence-corrected chi connectivity index (χ2v) is 9.63.